The molecule has 1 aromatic carbocycles. The van der Waals surface area contributed by atoms with Gasteiger partial charge >= 0.3 is 0 Å². The van der Waals surface area contributed by atoms with Gasteiger partial charge in [-0.15, -0.1) is 11.7 Å². The Morgan fingerprint density at radius 2 is 1.89 bits per heavy atom. The number of hydrogen-bond acceptors (Lipinski definition) is 3. The Morgan fingerprint density at radius 1 is 1.26 bits per heavy atom. The highest BCUT2D eigenvalue weighted by Crippen LogP contribution is 2.40. The number of hydrogen-bond donors (Lipinski definition) is 2. The van der Waals surface area contributed by atoms with E-state index in [0.29, 0.717) is 5.25 Å². The van der Waals surface area contributed by atoms with Gasteiger partial charge in [0.05, 0.1) is 5.25 Å². The normalized spacial score (nSPS) is 13.5. The van der Waals surface area contributed by atoms with Gasteiger partial charge in [0, 0.05) is 10.6 Å². The van der Waals surface area contributed by atoms with Crippen LogP contribution in [-0.2, 0) is 0 Å². The Morgan fingerprint density at radius 3 is 2.42 bits per heavy atom. The predicted octanol–water partition coefficient (Wildman–Crippen LogP) is 5.52. The summed E-state index contributed by atoms with van der Waals surface area (Å²) in [5.41, 5.74) is 1.27. The molecule has 0 aliphatic carbocycles. The summed E-state index contributed by atoms with van der Waals surface area (Å²) in [4.78, 5) is 0. The van der Waals surface area contributed by atoms with Crippen LogP contribution in [0, 0.1) is 0 Å². The Hall–Kier alpha value is 0.170. The van der Waals surface area contributed by atoms with Crippen molar-refractivity contribution in [2.45, 2.75) is 50.8 Å². The first-order valence-corrected chi connectivity index (χ1v) is 9.13. The van der Waals surface area contributed by atoms with Crippen LogP contribution in [-0.4, -0.2) is 12.1 Å². The fourth-order valence-corrected chi connectivity index (χ4v) is 4.03. The van der Waals surface area contributed by atoms with Crippen molar-refractivity contribution in [3.8, 4) is 0 Å². The van der Waals surface area contributed by atoms with Gasteiger partial charge in [0.15, 0.2) is 0 Å². The van der Waals surface area contributed by atoms with E-state index in [4.69, 9.17) is 11.6 Å². The summed E-state index contributed by atoms with van der Waals surface area (Å²) >= 11 is 10.4. The van der Waals surface area contributed by atoms with Gasteiger partial charge in [-0.2, -0.15) is 0 Å². The lowest BCUT2D eigenvalue weighted by molar-refractivity contribution is 0.375. The van der Waals surface area contributed by atoms with Crippen molar-refractivity contribution in [2.24, 2.45) is 0 Å². The maximum Gasteiger partial charge on any atom is 0.0574 e. The Balaban J connectivity index is 2.68. The van der Waals surface area contributed by atoms with Crippen molar-refractivity contribution in [2.75, 3.05) is 6.54 Å². The molecule has 1 rings (SSSR count). The highest BCUT2D eigenvalue weighted by atomic mass is 35.5. The number of benzene rings is 1. The second-order valence-electron chi connectivity index (χ2n) is 5.39. The van der Waals surface area contributed by atoms with E-state index in [0.717, 1.165) is 11.6 Å². The highest BCUT2D eigenvalue weighted by molar-refractivity contribution is 8.68. The van der Waals surface area contributed by atoms with Gasteiger partial charge < -0.3 is 5.32 Å². The minimum Gasteiger partial charge on any atom is -0.310 e. The van der Waals surface area contributed by atoms with Crippen molar-refractivity contribution in [3.63, 3.8) is 0 Å². The van der Waals surface area contributed by atoms with E-state index < -0.39 is 0 Å². The number of unbranched alkanes of at least 4 members (excludes halogenated alkanes) is 2. The standard InChI is InChI=1S/C15H24ClNS2/c1-4-5-6-11-17-15(2,3)14(19-18)12-7-9-13(16)10-8-12/h7-10,14,17-18H,4-6,11H2,1-3H3. The third kappa shape index (κ3) is 5.58. The van der Waals surface area contributed by atoms with E-state index in [9.17, 15) is 0 Å². The lowest BCUT2D eigenvalue weighted by atomic mass is 9.94. The van der Waals surface area contributed by atoms with Crippen molar-refractivity contribution in [1.29, 1.82) is 0 Å². The molecule has 108 valence electrons. The molecule has 0 fully saturated rings. The molecule has 4 heteroatoms. The van der Waals surface area contributed by atoms with Gasteiger partial charge in [0.1, 0.15) is 0 Å². The van der Waals surface area contributed by atoms with Gasteiger partial charge in [-0.25, -0.2) is 0 Å². The summed E-state index contributed by atoms with van der Waals surface area (Å²) < 4.78 is 0. The van der Waals surface area contributed by atoms with Crippen LogP contribution in [0.2, 0.25) is 5.02 Å². The lowest BCUT2D eigenvalue weighted by Crippen LogP contribution is -2.43. The van der Waals surface area contributed by atoms with E-state index in [1.807, 2.05) is 12.1 Å². The summed E-state index contributed by atoms with van der Waals surface area (Å²) in [6.45, 7) is 7.76. The van der Waals surface area contributed by atoms with Crippen LogP contribution in [0.5, 0.6) is 0 Å². The zero-order chi connectivity index (χ0) is 14.3. The quantitative estimate of drug-likeness (QED) is 0.372. The Labute approximate surface area is 131 Å². The summed E-state index contributed by atoms with van der Waals surface area (Å²) in [5.74, 6) is 0. The number of nitrogens with one attached hydrogen (secondary N) is 1. The van der Waals surface area contributed by atoms with Crippen LogP contribution in [0.25, 0.3) is 0 Å². The molecule has 1 aromatic rings. The van der Waals surface area contributed by atoms with Crippen LogP contribution < -0.4 is 5.32 Å². The second kappa shape index (κ2) is 8.46. The molecule has 1 unspecified atom stereocenters. The van der Waals surface area contributed by atoms with Crippen LogP contribution in [0.15, 0.2) is 24.3 Å². The molecule has 0 aromatic heterocycles. The zero-order valence-electron chi connectivity index (χ0n) is 11.9. The summed E-state index contributed by atoms with van der Waals surface area (Å²) in [7, 11) is 1.59. The molecule has 0 saturated carbocycles. The fourth-order valence-electron chi connectivity index (χ4n) is 2.13. The first-order valence-electron chi connectivity index (χ1n) is 6.82. The molecule has 0 heterocycles. The highest BCUT2D eigenvalue weighted by Gasteiger charge is 2.29. The van der Waals surface area contributed by atoms with Crippen molar-refractivity contribution >= 4 is 34.1 Å². The molecule has 0 bridgehead atoms. The third-order valence-electron chi connectivity index (χ3n) is 3.29. The Bertz CT molecular complexity index is 365. The topological polar surface area (TPSA) is 12.0 Å². The average Bonchev–Trinajstić information content (AvgIpc) is 2.37. The smallest absolute Gasteiger partial charge is 0.0574 e. The monoisotopic (exact) mass is 317 g/mol. The second-order valence-corrected chi connectivity index (χ2v) is 7.14. The molecule has 0 spiro atoms. The molecular weight excluding hydrogens is 294 g/mol. The van der Waals surface area contributed by atoms with Crippen LogP contribution in [0.3, 0.4) is 0 Å². The molecule has 0 saturated heterocycles. The van der Waals surface area contributed by atoms with Crippen molar-refractivity contribution < 1.29 is 0 Å². The molecule has 0 aliphatic rings. The van der Waals surface area contributed by atoms with Crippen molar-refractivity contribution in [3.05, 3.63) is 34.9 Å². The maximum atomic E-state index is 5.95. The largest absolute Gasteiger partial charge is 0.310 e. The summed E-state index contributed by atoms with van der Waals surface area (Å²) in [6, 6.07) is 8.07. The molecule has 19 heavy (non-hydrogen) atoms. The molecule has 0 amide bonds. The van der Waals surface area contributed by atoms with Gasteiger partial charge in [-0.05, 0) is 44.5 Å². The maximum absolute atomic E-state index is 5.95. The first-order chi connectivity index (χ1) is 9.01. The van der Waals surface area contributed by atoms with E-state index in [1.165, 1.54) is 24.8 Å². The molecule has 1 nitrogen and oxygen atoms in total. The first kappa shape index (κ1) is 17.2. The van der Waals surface area contributed by atoms with Gasteiger partial charge in [-0.1, -0.05) is 54.3 Å². The average molecular weight is 318 g/mol. The fraction of sp³-hybridized carbons (Fsp3) is 0.600. The van der Waals surface area contributed by atoms with Gasteiger partial charge in [-0.3, -0.25) is 0 Å². The third-order valence-corrected chi connectivity index (χ3v) is 5.25. The Kier molecular flexibility index (Phi) is 7.66. The lowest BCUT2D eigenvalue weighted by Gasteiger charge is -2.34. The molecule has 1 atom stereocenters. The molecular formula is C15H24ClNS2. The number of halogens is 1. The molecule has 1 N–H and O–H groups in total. The predicted molar refractivity (Wildman–Crippen MR) is 92.4 cm³/mol. The SMILES string of the molecule is CCCCCNC(C)(C)C(SS)c1ccc(Cl)cc1. The molecule has 0 aliphatic heterocycles. The van der Waals surface area contributed by atoms with E-state index in [1.54, 1.807) is 10.8 Å². The van der Waals surface area contributed by atoms with Gasteiger partial charge in [0.2, 0.25) is 0 Å². The minimum absolute atomic E-state index is 0.00792. The summed E-state index contributed by atoms with van der Waals surface area (Å²) in [5, 5.41) is 4.73. The van der Waals surface area contributed by atoms with Crippen molar-refractivity contribution in [1.82, 2.24) is 5.32 Å². The number of rotatable bonds is 8. The van der Waals surface area contributed by atoms with E-state index in [-0.39, 0.29) is 5.54 Å². The van der Waals surface area contributed by atoms with Crippen LogP contribution in [0.4, 0.5) is 0 Å². The van der Waals surface area contributed by atoms with E-state index >= 15 is 0 Å². The van der Waals surface area contributed by atoms with E-state index in [2.05, 4.69) is 49.9 Å². The van der Waals surface area contributed by atoms with Crippen LogP contribution in [0.1, 0.15) is 50.8 Å². The minimum atomic E-state index is 0.00792. The molecule has 0 radical (unpaired) electrons. The van der Waals surface area contributed by atoms with Crippen LogP contribution >= 0.6 is 34.1 Å². The number of thiol groups is 1. The summed E-state index contributed by atoms with van der Waals surface area (Å²) in [6.07, 6.45) is 3.76. The van der Waals surface area contributed by atoms with Gasteiger partial charge in [0.25, 0.3) is 0 Å². The zero-order valence-corrected chi connectivity index (χ0v) is 14.4.